The van der Waals surface area contributed by atoms with E-state index in [0.29, 0.717) is 6.42 Å². The fourth-order valence-electron chi connectivity index (χ4n) is 2.68. The Morgan fingerprint density at radius 3 is 2.00 bits per heavy atom. The van der Waals surface area contributed by atoms with Gasteiger partial charge in [-0.3, -0.25) is 14.8 Å². The van der Waals surface area contributed by atoms with Gasteiger partial charge in [-0.2, -0.15) is 0 Å². The van der Waals surface area contributed by atoms with Crippen LogP contribution in [0.4, 0.5) is 0 Å². The largest absolute Gasteiger partial charge is 0.394 e. The van der Waals surface area contributed by atoms with Gasteiger partial charge in [0.25, 0.3) is 0 Å². The minimum Gasteiger partial charge on any atom is -0.394 e. The number of rotatable bonds is 11. The van der Waals surface area contributed by atoms with Crippen LogP contribution in [-0.4, -0.2) is 61.9 Å². The summed E-state index contributed by atoms with van der Waals surface area (Å²) >= 11 is 0. The Morgan fingerprint density at radius 2 is 1.63 bits per heavy atom. The van der Waals surface area contributed by atoms with Crippen LogP contribution in [0, 0.1) is 23.2 Å². The molecule has 0 heterocycles. The first-order chi connectivity index (χ1) is 12.2. The van der Waals surface area contributed by atoms with Crippen LogP contribution in [0.3, 0.4) is 0 Å². The highest BCUT2D eigenvalue weighted by Gasteiger charge is 2.36. The molecule has 0 aromatic rings. The van der Waals surface area contributed by atoms with E-state index in [1.165, 1.54) is 0 Å². The van der Waals surface area contributed by atoms with Gasteiger partial charge in [0.05, 0.1) is 30.4 Å². The summed E-state index contributed by atoms with van der Waals surface area (Å²) < 4.78 is 22.6. The van der Waals surface area contributed by atoms with Crippen LogP contribution in [0.5, 0.6) is 0 Å². The normalized spacial score (nSPS) is 15.9. The molecule has 5 N–H and O–H groups in total. The Hall–Kier alpha value is -1.23. The monoisotopic (exact) mass is 409 g/mol. The number of amides is 2. The van der Waals surface area contributed by atoms with E-state index in [1.54, 1.807) is 5.48 Å². The average Bonchev–Trinajstić information content (AvgIpc) is 2.51. The second-order valence-corrected chi connectivity index (χ2v) is 10.6. The molecule has 0 bridgehead atoms. The maximum absolute atomic E-state index is 12.9. The number of nitrogens with one attached hydrogen (secondary N) is 3. The van der Waals surface area contributed by atoms with Crippen molar-refractivity contribution in [3.63, 3.8) is 0 Å². The van der Waals surface area contributed by atoms with E-state index < -0.39 is 44.9 Å². The third-order valence-corrected chi connectivity index (χ3v) is 5.00. The van der Waals surface area contributed by atoms with Gasteiger partial charge in [0, 0.05) is 12.8 Å². The first kappa shape index (κ1) is 25.8. The first-order valence-electron chi connectivity index (χ1n) is 8.96. The molecule has 2 amide bonds. The van der Waals surface area contributed by atoms with Gasteiger partial charge >= 0.3 is 0 Å². The molecule has 10 heteroatoms. The van der Waals surface area contributed by atoms with E-state index >= 15 is 0 Å². The van der Waals surface area contributed by atoms with Crippen molar-refractivity contribution in [2.75, 3.05) is 25.3 Å². The lowest BCUT2D eigenvalue weighted by molar-refractivity contribution is -0.141. The van der Waals surface area contributed by atoms with Gasteiger partial charge in [-0.15, -0.1) is 0 Å². The van der Waals surface area contributed by atoms with Crippen molar-refractivity contribution < 1.29 is 28.3 Å². The zero-order chi connectivity index (χ0) is 21.4. The SMILES string of the molecule is CC(C)C[C@@H](C(=O)N[C@H](CO)C(C)(C)C)[C@H](CNCS(C)(=O)=O)C(=O)NO. The van der Waals surface area contributed by atoms with E-state index in [9.17, 15) is 23.1 Å². The van der Waals surface area contributed by atoms with Gasteiger partial charge in [0.2, 0.25) is 11.8 Å². The van der Waals surface area contributed by atoms with Crippen LogP contribution in [-0.2, 0) is 19.4 Å². The Labute approximate surface area is 162 Å². The molecule has 0 spiro atoms. The van der Waals surface area contributed by atoms with Crippen molar-refractivity contribution in [1.82, 2.24) is 16.1 Å². The summed E-state index contributed by atoms with van der Waals surface area (Å²) in [5.74, 6) is -3.24. The minimum atomic E-state index is -3.30. The van der Waals surface area contributed by atoms with Gasteiger partial charge in [0.15, 0.2) is 9.84 Å². The quantitative estimate of drug-likeness (QED) is 0.236. The summed E-state index contributed by atoms with van der Waals surface area (Å²) in [6.07, 6.45) is 1.40. The molecule has 0 saturated carbocycles. The lowest BCUT2D eigenvalue weighted by Gasteiger charge is -2.33. The summed E-state index contributed by atoms with van der Waals surface area (Å²) in [4.78, 5) is 25.1. The maximum Gasteiger partial charge on any atom is 0.248 e. The molecule has 0 unspecified atom stereocenters. The van der Waals surface area contributed by atoms with Gasteiger partial charge in [-0.05, 0) is 17.8 Å². The number of carbonyl (C=O) groups excluding carboxylic acids is 2. The van der Waals surface area contributed by atoms with E-state index in [2.05, 4.69) is 10.6 Å². The van der Waals surface area contributed by atoms with Crippen molar-refractivity contribution in [3.05, 3.63) is 0 Å². The zero-order valence-electron chi connectivity index (χ0n) is 17.1. The summed E-state index contributed by atoms with van der Waals surface area (Å²) in [5, 5.41) is 24.1. The molecule has 0 aromatic heterocycles. The molecule has 0 aliphatic rings. The van der Waals surface area contributed by atoms with Gasteiger partial charge in [-0.25, -0.2) is 13.9 Å². The average molecular weight is 410 g/mol. The Kier molecular flexibility index (Phi) is 10.4. The molecule has 3 atom stereocenters. The smallest absolute Gasteiger partial charge is 0.248 e. The predicted octanol–water partition coefficient (Wildman–Crippen LogP) is -0.115. The lowest BCUT2D eigenvalue weighted by atomic mass is 9.82. The van der Waals surface area contributed by atoms with Crippen LogP contribution in [0.25, 0.3) is 0 Å². The number of aliphatic hydroxyl groups excluding tert-OH is 1. The number of aliphatic hydroxyl groups is 1. The molecule has 0 saturated heterocycles. The van der Waals surface area contributed by atoms with Gasteiger partial charge in [-0.1, -0.05) is 34.6 Å². The van der Waals surface area contributed by atoms with Crippen LogP contribution in [0.2, 0.25) is 0 Å². The molecule has 0 aromatic carbocycles. The zero-order valence-corrected chi connectivity index (χ0v) is 17.9. The molecular formula is C17H35N3O6S. The first-order valence-corrected chi connectivity index (χ1v) is 11.0. The van der Waals surface area contributed by atoms with Crippen molar-refractivity contribution in [2.24, 2.45) is 23.2 Å². The molecule has 0 aliphatic heterocycles. The number of hydrogen-bond acceptors (Lipinski definition) is 7. The van der Waals surface area contributed by atoms with Crippen molar-refractivity contribution in [3.8, 4) is 0 Å². The topological polar surface area (TPSA) is 145 Å². The highest BCUT2D eigenvalue weighted by atomic mass is 32.2. The fraction of sp³-hybridized carbons (Fsp3) is 0.882. The van der Waals surface area contributed by atoms with Crippen molar-refractivity contribution >= 4 is 21.7 Å². The summed E-state index contributed by atoms with van der Waals surface area (Å²) in [5.41, 5.74) is 1.17. The number of sulfone groups is 1. The Bertz CT molecular complexity index is 586. The Morgan fingerprint density at radius 1 is 1.07 bits per heavy atom. The molecule has 0 radical (unpaired) electrons. The predicted molar refractivity (Wildman–Crippen MR) is 103 cm³/mol. The van der Waals surface area contributed by atoms with Crippen molar-refractivity contribution in [2.45, 2.75) is 47.1 Å². The second-order valence-electron chi connectivity index (χ2n) is 8.45. The van der Waals surface area contributed by atoms with Crippen LogP contribution in [0.15, 0.2) is 0 Å². The van der Waals surface area contributed by atoms with Crippen LogP contribution in [0.1, 0.15) is 41.0 Å². The molecular weight excluding hydrogens is 374 g/mol. The summed E-state index contributed by atoms with van der Waals surface area (Å²) in [6.45, 7) is 9.05. The highest BCUT2D eigenvalue weighted by Crippen LogP contribution is 2.24. The number of carbonyl (C=O) groups is 2. The van der Waals surface area contributed by atoms with Crippen molar-refractivity contribution in [1.29, 1.82) is 0 Å². The molecule has 27 heavy (non-hydrogen) atoms. The van der Waals surface area contributed by atoms with Crippen LogP contribution < -0.4 is 16.1 Å². The van der Waals surface area contributed by atoms with E-state index in [1.807, 2.05) is 34.6 Å². The van der Waals surface area contributed by atoms with E-state index in [4.69, 9.17) is 5.21 Å². The molecule has 0 rings (SSSR count). The summed E-state index contributed by atoms with van der Waals surface area (Å²) in [7, 11) is -3.30. The molecule has 160 valence electrons. The van der Waals surface area contributed by atoms with Crippen LogP contribution >= 0.6 is 0 Å². The van der Waals surface area contributed by atoms with E-state index in [-0.39, 0.29) is 24.9 Å². The number of hydrogen-bond donors (Lipinski definition) is 5. The van der Waals surface area contributed by atoms with Gasteiger partial charge < -0.3 is 15.7 Å². The molecule has 9 nitrogen and oxygen atoms in total. The third-order valence-electron chi connectivity index (χ3n) is 4.27. The molecule has 0 aliphatic carbocycles. The minimum absolute atomic E-state index is 0.0758. The molecule has 0 fully saturated rings. The summed E-state index contributed by atoms with van der Waals surface area (Å²) in [6, 6.07) is -0.513. The third kappa shape index (κ3) is 10.0. The standard InChI is InChI=1S/C17H35N3O6S/c1-11(2)7-12(15(22)19-14(9-21)17(3,4)5)13(16(23)20-24)8-18-10-27(6,25)26/h11-14,18,21,24H,7-10H2,1-6H3,(H,19,22)(H,20,23)/t12-,13+,14-/m1/s1. The fourth-order valence-corrected chi connectivity index (χ4v) is 3.17. The Balaban J connectivity index is 5.52. The van der Waals surface area contributed by atoms with E-state index in [0.717, 1.165) is 6.26 Å². The maximum atomic E-state index is 12.9. The second kappa shape index (κ2) is 10.9. The number of hydroxylamine groups is 1. The van der Waals surface area contributed by atoms with Gasteiger partial charge in [0.1, 0.15) is 0 Å². The highest BCUT2D eigenvalue weighted by molar-refractivity contribution is 7.90. The lowest BCUT2D eigenvalue weighted by Crippen LogP contribution is -2.52.